The van der Waals surface area contributed by atoms with Crippen molar-refractivity contribution in [2.75, 3.05) is 0 Å². The predicted octanol–water partition coefficient (Wildman–Crippen LogP) is -1.19. The standard InChI is InChI=1S/C10H12N.ClH/c1-3-8-11-9-6-5-7-10(11)4-2;/h3-7,9H,1-2,8H2;1H/q+1;/p-1. The van der Waals surface area contributed by atoms with E-state index < -0.39 is 0 Å². The molecule has 0 unspecified atom stereocenters. The highest BCUT2D eigenvalue weighted by molar-refractivity contribution is 5.36. The lowest BCUT2D eigenvalue weighted by molar-refractivity contribution is -0.688. The number of nitrogens with zero attached hydrogens (tertiary/aromatic N) is 1. The second kappa shape index (κ2) is 5.56. The molecule has 2 heteroatoms. The van der Waals surface area contributed by atoms with Gasteiger partial charge in [0.1, 0.15) is 0 Å². The topological polar surface area (TPSA) is 3.88 Å². The molecule has 1 aromatic rings. The van der Waals surface area contributed by atoms with E-state index in [-0.39, 0.29) is 12.4 Å². The number of hydrogen-bond acceptors (Lipinski definition) is 0. The summed E-state index contributed by atoms with van der Waals surface area (Å²) in [5.74, 6) is 0. The van der Waals surface area contributed by atoms with Gasteiger partial charge in [0.2, 0.25) is 5.69 Å². The summed E-state index contributed by atoms with van der Waals surface area (Å²) >= 11 is 0. The molecule has 64 valence electrons. The van der Waals surface area contributed by atoms with E-state index in [1.54, 1.807) is 0 Å². The van der Waals surface area contributed by atoms with Crippen molar-refractivity contribution in [3.05, 3.63) is 49.3 Å². The second-order valence-corrected chi connectivity index (χ2v) is 2.27. The number of aromatic nitrogens is 1. The fourth-order valence-electron chi connectivity index (χ4n) is 0.980. The minimum Gasteiger partial charge on any atom is -1.00 e. The van der Waals surface area contributed by atoms with E-state index in [0.29, 0.717) is 0 Å². The van der Waals surface area contributed by atoms with Gasteiger partial charge in [-0.25, -0.2) is 0 Å². The molecule has 0 spiro atoms. The van der Waals surface area contributed by atoms with Crippen molar-refractivity contribution in [3.8, 4) is 0 Å². The van der Waals surface area contributed by atoms with E-state index >= 15 is 0 Å². The molecule has 1 aromatic heterocycles. The number of pyridine rings is 1. The smallest absolute Gasteiger partial charge is 0.204 e. The Kier molecular flexibility index (Phi) is 5.06. The van der Waals surface area contributed by atoms with E-state index in [4.69, 9.17) is 0 Å². The van der Waals surface area contributed by atoms with Gasteiger partial charge in [0.25, 0.3) is 0 Å². The average molecular weight is 182 g/mol. The maximum absolute atomic E-state index is 3.72. The van der Waals surface area contributed by atoms with Crippen molar-refractivity contribution in [1.82, 2.24) is 0 Å². The second-order valence-electron chi connectivity index (χ2n) is 2.27. The fraction of sp³-hybridized carbons (Fsp3) is 0.100. The quantitative estimate of drug-likeness (QED) is 0.408. The zero-order valence-electron chi connectivity index (χ0n) is 6.91. The van der Waals surface area contributed by atoms with Crippen molar-refractivity contribution in [2.24, 2.45) is 0 Å². The molecule has 0 fully saturated rings. The Balaban J connectivity index is 0.00000121. The van der Waals surface area contributed by atoms with Crippen molar-refractivity contribution < 1.29 is 17.0 Å². The van der Waals surface area contributed by atoms with Crippen LogP contribution in [-0.4, -0.2) is 0 Å². The summed E-state index contributed by atoms with van der Waals surface area (Å²) in [6, 6.07) is 6.02. The molecule has 0 amide bonds. The zero-order valence-corrected chi connectivity index (χ0v) is 7.67. The first kappa shape index (κ1) is 10.9. The van der Waals surface area contributed by atoms with Gasteiger partial charge in [-0.05, 0) is 12.1 Å². The third-order valence-corrected chi connectivity index (χ3v) is 1.51. The number of hydrogen-bond donors (Lipinski definition) is 0. The molecule has 0 aromatic carbocycles. The minimum absolute atomic E-state index is 0. The van der Waals surface area contributed by atoms with Crippen LogP contribution in [0.4, 0.5) is 0 Å². The molecule has 1 heterocycles. The van der Waals surface area contributed by atoms with Crippen LogP contribution >= 0.6 is 0 Å². The van der Waals surface area contributed by atoms with Crippen LogP contribution in [0.15, 0.2) is 43.6 Å². The Morgan fingerprint density at radius 3 is 2.67 bits per heavy atom. The van der Waals surface area contributed by atoms with Gasteiger partial charge >= 0.3 is 0 Å². The highest BCUT2D eigenvalue weighted by Gasteiger charge is 2.00. The number of halogens is 1. The molecule has 0 saturated carbocycles. The van der Waals surface area contributed by atoms with Crippen molar-refractivity contribution in [1.29, 1.82) is 0 Å². The highest BCUT2D eigenvalue weighted by Crippen LogP contribution is 1.91. The SMILES string of the molecule is C=CC[n+]1ccccc1C=C.[Cl-]. The van der Waals surface area contributed by atoms with Crippen LogP contribution in [0.3, 0.4) is 0 Å². The van der Waals surface area contributed by atoms with Gasteiger partial charge in [-0.15, -0.1) is 0 Å². The molecule has 0 radical (unpaired) electrons. The lowest BCUT2D eigenvalue weighted by Crippen LogP contribution is -3.00. The maximum Gasteiger partial charge on any atom is 0.204 e. The van der Waals surface area contributed by atoms with Crippen LogP contribution in [0.25, 0.3) is 6.08 Å². The number of rotatable bonds is 3. The van der Waals surface area contributed by atoms with E-state index in [1.165, 1.54) is 0 Å². The van der Waals surface area contributed by atoms with Gasteiger partial charge in [0, 0.05) is 18.2 Å². The Labute approximate surface area is 79.5 Å². The monoisotopic (exact) mass is 181 g/mol. The molecular weight excluding hydrogens is 170 g/mol. The molecule has 0 aliphatic carbocycles. The minimum atomic E-state index is 0. The molecular formula is C10H12ClN. The summed E-state index contributed by atoms with van der Waals surface area (Å²) in [7, 11) is 0. The lowest BCUT2D eigenvalue weighted by Gasteiger charge is -1.94. The molecule has 12 heavy (non-hydrogen) atoms. The van der Waals surface area contributed by atoms with Gasteiger partial charge in [-0.1, -0.05) is 13.2 Å². The summed E-state index contributed by atoms with van der Waals surface area (Å²) in [6.45, 7) is 8.23. The van der Waals surface area contributed by atoms with E-state index in [2.05, 4.69) is 17.7 Å². The fourth-order valence-corrected chi connectivity index (χ4v) is 0.980. The first-order valence-corrected chi connectivity index (χ1v) is 3.60. The van der Waals surface area contributed by atoms with Crippen LogP contribution in [0, 0.1) is 0 Å². The third kappa shape index (κ3) is 2.51. The van der Waals surface area contributed by atoms with Crippen LogP contribution in [-0.2, 0) is 6.54 Å². The van der Waals surface area contributed by atoms with Gasteiger partial charge in [-0.3, -0.25) is 0 Å². The van der Waals surface area contributed by atoms with E-state index in [9.17, 15) is 0 Å². The maximum atomic E-state index is 3.72. The zero-order chi connectivity index (χ0) is 8.10. The van der Waals surface area contributed by atoms with Crippen LogP contribution in [0.5, 0.6) is 0 Å². The van der Waals surface area contributed by atoms with Gasteiger partial charge in [0.05, 0.1) is 0 Å². The molecule has 0 N–H and O–H groups in total. The first-order valence-electron chi connectivity index (χ1n) is 3.60. The number of allylic oxidation sites excluding steroid dienone is 1. The normalized spacial score (nSPS) is 8.33. The predicted molar refractivity (Wildman–Crippen MR) is 46.9 cm³/mol. The van der Waals surface area contributed by atoms with E-state index in [0.717, 1.165) is 12.2 Å². The van der Waals surface area contributed by atoms with Crippen molar-refractivity contribution in [2.45, 2.75) is 6.54 Å². The molecule has 0 aliphatic heterocycles. The highest BCUT2D eigenvalue weighted by atomic mass is 35.5. The molecule has 1 rings (SSSR count). The van der Waals surface area contributed by atoms with Gasteiger partial charge < -0.3 is 12.4 Å². The van der Waals surface area contributed by atoms with Gasteiger partial charge in [0.15, 0.2) is 12.7 Å². The summed E-state index contributed by atoms with van der Waals surface area (Å²) < 4.78 is 2.08. The van der Waals surface area contributed by atoms with Gasteiger partial charge in [-0.2, -0.15) is 4.57 Å². The Bertz CT molecular complexity index is 268. The molecule has 0 bridgehead atoms. The van der Waals surface area contributed by atoms with E-state index in [1.807, 2.05) is 36.5 Å². The summed E-state index contributed by atoms with van der Waals surface area (Å²) in [6.07, 6.45) is 5.72. The Morgan fingerprint density at radius 1 is 1.33 bits per heavy atom. The van der Waals surface area contributed by atoms with Crippen LogP contribution in [0.2, 0.25) is 0 Å². The summed E-state index contributed by atoms with van der Waals surface area (Å²) in [4.78, 5) is 0. The molecule has 1 nitrogen and oxygen atoms in total. The Morgan fingerprint density at radius 2 is 2.08 bits per heavy atom. The lowest BCUT2D eigenvalue weighted by atomic mass is 10.3. The first-order chi connectivity index (χ1) is 5.38. The summed E-state index contributed by atoms with van der Waals surface area (Å²) in [5.41, 5.74) is 1.12. The summed E-state index contributed by atoms with van der Waals surface area (Å²) in [5, 5.41) is 0. The Hall–Kier alpha value is -1.08. The largest absolute Gasteiger partial charge is 1.00 e. The molecule has 0 atom stereocenters. The average Bonchev–Trinajstić information content (AvgIpc) is 2.06. The van der Waals surface area contributed by atoms with Crippen molar-refractivity contribution in [3.63, 3.8) is 0 Å². The molecule has 0 aliphatic rings. The molecule has 0 saturated heterocycles. The third-order valence-electron chi connectivity index (χ3n) is 1.51. The van der Waals surface area contributed by atoms with Crippen molar-refractivity contribution >= 4 is 6.08 Å². The van der Waals surface area contributed by atoms with Crippen LogP contribution in [0.1, 0.15) is 5.69 Å². The van der Waals surface area contributed by atoms with Crippen LogP contribution < -0.4 is 17.0 Å².